The van der Waals surface area contributed by atoms with Crippen molar-refractivity contribution in [1.82, 2.24) is 5.16 Å². The van der Waals surface area contributed by atoms with Crippen LogP contribution in [-0.2, 0) is 11.4 Å². The molecule has 0 radical (unpaired) electrons. The molecule has 1 aliphatic carbocycles. The van der Waals surface area contributed by atoms with Gasteiger partial charge in [0.15, 0.2) is 0 Å². The van der Waals surface area contributed by atoms with Gasteiger partial charge in [-0.2, -0.15) is 0 Å². The van der Waals surface area contributed by atoms with Gasteiger partial charge in [-0.3, -0.25) is 4.79 Å². The summed E-state index contributed by atoms with van der Waals surface area (Å²) in [6.45, 7) is 0.436. The van der Waals surface area contributed by atoms with Crippen LogP contribution in [-0.4, -0.2) is 23.3 Å². The highest BCUT2D eigenvalue weighted by molar-refractivity contribution is 5.72. The molecule has 6 nitrogen and oxygen atoms in total. The van der Waals surface area contributed by atoms with Crippen LogP contribution in [0.5, 0.6) is 11.5 Å². The minimum Gasteiger partial charge on any atom is -0.496 e. The monoisotopic (exact) mass is 419 g/mol. The Bertz CT molecular complexity index is 1050. The van der Waals surface area contributed by atoms with Gasteiger partial charge in [-0.1, -0.05) is 29.4 Å². The van der Waals surface area contributed by atoms with Crippen molar-refractivity contribution in [1.29, 1.82) is 0 Å². The first-order valence-electron chi connectivity index (χ1n) is 10.3. The zero-order chi connectivity index (χ0) is 21.6. The second-order valence-electron chi connectivity index (χ2n) is 7.59. The van der Waals surface area contributed by atoms with Crippen LogP contribution in [0.1, 0.15) is 54.0 Å². The van der Waals surface area contributed by atoms with E-state index in [1.54, 1.807) is 13.2 Å². The highest BCUT2D eigenvalue weighted by atomic mass is 16.5. The van der Waals surface area contributed by atoms with Crippen molar-refractivity contribution >= 4 is 11.5 Å². The lowest BCUT2D eigenvalue weighted by atomic mass is 9.92. The smallest absolute Gasteiger partial charge is 0.304 e. The molecule has 2 aromatic carbocycles. The number of rotatable bonds is 9. The van der Waals surface area contributed by atoms with E-state index in [9.17, 15) is 9.90 Å². The maximum atomic E-state index is 11.3. The van der Waals surface area contributed by atoms with Gasteiger partial charge in [-0.05, 0) is 60.2 Å². The number of aliphatic carboxylic acids is 1. The highest BCUT2D eigenvalue weighted by Gasteiger charge is 2.20. The first kappa shape index (κ1) is 20.7. The molecule has 4 rings (SSSR count). The molecular formula is C25H25NO5. The van der Waals surface area contributed by atoms with Crippen LogP contribution in [0.4, 0.5) is 0 Å². The maximum absolute atomic E-state index is 11.3. The predicted molar refractivity (Wildman–Crippen MR) is 116 cm³/mol. The van der Waals surface area contributed by atoms with Crippen LogP contribution in [0, 0.1) is 0 Å². The largest absolute Gasteiger partial charge is 0.496 e. The summed E-state index contributed by atoms with van der Waals surface area (Å²) in [6, 6.07) is 15.3. The van der Waals surface area contributed by atoms with Gasteiger partial charge in [0.2, 0.25) is 0 Å². The van der Waals surface area contributed by atoms with Crippen LogP contribution in [0.3, 0.4) is 0 Å². The van der Waals surface area contributed by atoms with Gasteiger partial charge in [-0.15, -0.1) is 0 Å². The molecule has 0 saturated carbocycles. The second-order valence-corrected chi connectivity index (χ2v) is 7.59. The minimum atomic E-state index is -0.888. The summed E-state index contributed by atoms with van der Waals surface area (Å²) in [5, 5.41) is 13.2. The first-order chi connectivity index (χ1) is 15.1. The van der Waals surface area contributed by atoms with Crippen molar-refractivity contribution in [3.05, 3.63) is 83.3 Å². The van der Waals surface area contributed by atoms with Gasteiger partial charge < -0.3 is 19.1 Å². The number of carboxylic acids is 1. The number of aromatic nitrogens is 1. The molecule has 0 unspecified atom stereocenters. The average molecular weight is 419 g/mol. The minimum absolute atomic E-state index is 0.0583. The van der Waals surface area contributed by atoms with E-state index >= 15 is 0 Å². The molecule has 1 N–H and O–H groups in total. The van der Waals surface area contributed by atoms with Crippen LogP contribution in [0.25, 0.3) is 5.57 Å². The zero-order valence-corrected chi connectivity index (χ0v) is 17.4. The number of hydrogen-bond donors (Lipinski definition) is 1. The fourth-order valence-corrected chi connectivity index (χ4v) is 3.94. The van der Waals surface area contributed by atoms with Crippen molar-refractivity contribution in [3.8, 4) is 11.5 Å². The molecule has 1 heterocycles. The number of ether oxygens (including phenoxy) is 2. The average Bonchev–Trinajstić information content (AvgIpc) is 3.51. The Morgan fingerprint density at radius 2 is 2.03 bits per heavy atom. The first-order valence-corrected chi connectivity index (χ1v) is 10.3. The lowest BCUT2D eigenvalue weighted by Gasteiger charge is -2.14. The van der Waals surface area contributed by atoms with Gasteiger partial charge >= 0.3 is 5.97 Å². The van der Waals surface area contributed by atoms with Gasteiger partial charge in [0, 0.05) is 17.5 Å². The Morgan fingerprint density at radius 3 is 2.68 bits per heavy atom. The summed E-state index contributed by atoms with van der Waals surface area (Å²) in [5.74, 6) is 0.351. The summed E-state index contributed by atoms with van der Waals surface area (Å²) in [5.41, 5.74) is 4.99. The highest BCUT2D eigenvalue weighted by Crippen LogP contribution is 2.35. The Hall–Kier alpha value is -3.54. The fraction of sp³-hybridized carbons (Fsp3) is 0.280. The maximum Gasteiger partial charge on any atom is 0.304 e. The molecule has 31 heavy (non-hydrogen) atoms. The molecule has 0 saturated heterocycles. The van der Waals surface area contributed by atoms with E-state index in [0.29, 0.717) is 12.3 Å². The van der Waals surface area contributed by atoms with Gasteiger partial charge in [0.05, 0.1) is 19.2 Å². The number of carboxylic acid groups (broad SMARTS) is 1. The van der Waals surface area contributed by atoms with Gasteiger partial charge in [0.25, 0.3) is 0 Å². The van der Waals surface area contributed by atoms with Crippen LogP contribution in [0.15, 0.2) is 65.4 Å². The molecule has 3 aromatic rings. The van der Waals surface area contributed by atoms with Crippen molar-refractivity contribution in [3.63, 3.8) is 0 Å². The third-order valence-electron chi connectivity index (χ3n) is 5.53. The normalized spacial score (nSPS) is 14.2. The quantitative estimate of drug-likeness (QED) is 0.498. The van der Waals surface area contributed by atoms with Crippen molar-refractivity contribution in [2.45, 2.75) is 38.2 Å². The number of carbonyl (C=O) groups is 1. The standard InChI is InChI=1S/C25H25NO5/c1-29-24-11-6-17(14-22(24)18-4-2-3-5-18)16-30-20-9-7-19(8-10-20)21(15-25(27)28)23-12-13-31-26-23/h4,6-14,21H,2-3,5,15-16H2,1H3,(H,27,28)/t21-/m0/s1. The summed E-state index contributed by atoms with van der Waals surface area (Å²) < 4.78 is 16.4. The van der Waals surface area contributed by atoms with E-state index in [1.165, 1.54) is 18.3 Å². The Labute approximate surface area is 181 Å². The van der Waals surface area contributed by atoms with Crippen molar-refractivity contribution in [2.75, 3.05) is 7.11 Å². The van der Waals surface area contributed by atoms with E-state index < -0.39 is 5.97 Å². The van der Waals surface area contributed by atoms with E-state index in [1.807, 2.05) is 36.4 Å². The Balaban J connectivity index is 1.46. The van der Waals surface area contributed by atoms with E-state index in [4.69, 9.17) is 14.0 Å². The third kappa shape index (κ3) is 4.97. The van der Waals surface area contributed by atoms with E-state index in [-0.39, 0.29) is 12.3 Å². The SMILES string of the molecule is COc1ccc(COc2ccc([C@H](CC(=O)O)c3ccon3)cc2)cc1C1=CCCC1. The molecule has 0 bridgehead atoms. The molecule has 1 aromatic heterocycles. The molecule has 160 valence electrons. The number of nitrogens with zero attached hydrogens (tertiary/aromatic N) is 1. The molecule has 0 aliphatic heterocycles. The van der Waals surface area contributed by atoms with Crippen molar-refractivity contribution in [2.24, 2.45) is 0 Å². The lowest BCUT2D eigenvalue weighted by molar-refractivity contribution is -0.137. The summed E-state index contributed by atoms with van der Waals surface area (Å²) in [7, 11) is 1.70. The summed E-state index contributed by atoms with van der Waals surface area (Å²) in [4.78, 5) is 11.3. The van der Waals surface area contributed by atoms with E-state index in [0.717, 1.165) is 41.0 Å². The topological polar surface area (TPSA) is 81.8 Å². The molecule has 0 amide bonds. The molecular weight excluding hydrogens is 394 g/mol. The second kappa shape index (κ2) is 9.51. The molecule has 1 aliphatic rings. The Morgan fingerprint density at radius 1 is 1.19 bits per heavy atom. The fourth-order valence-electron chi connectivity index (χ4n) is 3.94. The number of methoxy groups -OCH3 is 1. The lowest BCUT2D eigenvalue weighted by Crippen LogP contribution is -2.08. The van der Waals surface area contributed by atoms with Crippen LogP contribution >= 0.6 is 0 Å². The van der Waals surface area contributed by atoms with E-state index in [2.05, 4.69) is 17.3 Å². The summed E-state index contributed by atoms with van der Waals surface area (Å²) in [6.07, 6.45) is 7.05. The molecule has 0 spiro atoms. The predicted octanol–water partition coefficient (Wildman–Crippen LogP) is 5.44. The molecule has 0 fully saturated rings. The third-order valence-corrected chi connectivity index (χ3v) is 5.53. The van der Waals surface area contributed by atoms with Crippen molar-refractivity contribution < 1.29 is 23.9 Å². The van der Waals surface area contributed by atoms with Crippen LogP contribution in [0.2, 0.25) is 0 Å². The Kier molecular flexibility index (Phi) is 6.36. The zero-order valence-electron chi connectivity index (χ0n) is 17.4. The summed E-state index contributed by atoms with van der Waals surface area (Å²) >= 11 is 0. The molecule has 6 heteroatoms. The number of benzene rings is 2. The van der Waals surface area contributed by atoms with Gasteiger partial charge in [0.1, 0.15) is 24.4 Å². The number of hydrogen-bond acceptors (Lipinski definition) is 5. The van der Waals surface area contributed by atoms with Gasteiger partial charge in [-0.25, -0.2) is 0 Å². The van der Waals surface area contributed by atoms with Crippen LogP contribution < -0.4 is 9.47 Å². The number of allylic oxidation sites excluding steroid dienone is 2. The molecule has 1 atom stereocenters.